The summed E-state index contributed by atoms with van der Waals surface area (Å²) in [5.74, 6) is 0.914. The van der Waals surface area contributed by atoms with Gasteiger partial charge in [-0.1, -0.05) is 0 Å². The molecule has 0 spiro atoms. The molecule has 0 radical (unpaired) electrons. The van der Waals surface area contributed by atoms with Crippen molar-refractivity contribution in [2.75, 3.05) is 11.9 Å². The molecule has 2 rings (SSSR count). The van der Waals surface area contributed by atoms with Gasteiger partial charge in [0.15, 0.2) is 0 Å². The maximum atomic E-state index is 9.25. The second-order valence-corrected chi connectivity index (χ2v) is 4.03. The largest absolute Gasteiger partial charge is 0.508 e. The summed E-state index contributed by atoms with van der Waals surface area (Å²) in [7, 11) is 1.90. The van der Waals surface area contributed by atoms with Crippen LogP contribution in [0.2, 0.25) is 0 Å². The van der Waals surface area contributed by atoms with E-state index in [9.17, 15) is 5.11 Å². The van der Waals surface area contributed by atoms with Crippen LogP contribution in [-0.4, -0.2) is 22.1 Å². The molecule has 1 heterocycles. The molecule has 1 N–H and O–H groups in total. The van der Waals surface area contributed by atoms with Crippen molar-refractivity contribution in [3.63, 3.8) is 0 Å². The zero-order valence-corrected chi connectivity index (χ0v) is 10.2. The van der Waals surface area contributed by atoms with Gasteiger partial charge in [-0.05, 0) is 44.2 Å². The Morgan fingerprint density at radius 1 is 1.00 bits per heavy atom. The van der Waals surface area contributed by atoms with Crippen LogP contribution < -0.4 is 4.90 Å². The summed E-state index contributed by atoms with van der Waals surface area (Å²) in [4.78, 5) is 10.7. The highest BCUT2D eigenvalue weighted by Gasteiger charge is 2.07. The fourth-order valence-electron chi connectivity index (χ4n) is 1.65. The predicted molar refractivity (Wildman–Crippen MR) is 67.7 cm³/mol. The highest BCUT2D eigenvalue weighted by atomic mass is 16.3. The molecule has 88 valence electrons. The highest BCUT2D eigenvalue weighted by molar-refractivity contribution is 5.57. The Balaban J connectivity index is 2.36. The third-order valence-corrected chi connectivity index (χ3v) is 2.51. The molecule has 0 saturated heterocycles. The first-order valence-electron chi connectivity index (χ1n) is 5.41. The van der Waals surface area contributed by atoms with E-state index in [2.05, 4.69) is 9.97 Å². The molecule has 0 bridgehead atoms. The van der Waals surface area contributed by atoms with Gasteiger partial charge in [0.2, 0.25) is 5.95 Å². The first-order chi connectivity index (χ1) is 8.06. The topological polar surface area (TPSA) is 49.2 Å². The number of aromatic hydroxyl groups is 1. The minimum atomic E-state index is 0.253. The van der Waals surface area contributed by atoms with Gasteiger partial charge in [0.25, 0.3) is 0 Å². The maximum absolute atomic E-state index is 9.25. The number of hydrogen-bond acceptors (Lipinski definition) is 4. The Kier molecular flexibility index (Phi) is 2.95. The Hall–Kier alpha value is -2.10. The van der Waals surface area contributed by atoms with Crippen LogP contribution in [0.1, 0.15) is 11.4 Å². The number of nitrogens with zero attached hydrogens (tertiary/aromatic N) is 3. The van der Waals surface area contributed by atoms with Crippen molar-refractivity contribution in [3.05, 3.63) is 41.7 Å². The van der Waals surface area contributed by atoms with Crippen molar-refractivity contribution in [1.82, 2.24) is 9.97 Å². The summed E-state index contributed by atoms with van der Waals surface area (Å²) >= 11 is 0. The molecule has 17 heavy (non-hydrogen) atoms. The average Bonchev–Trinajstić information content (AvgIpc) is 2.28. The van der Waals surface area contributed by atoms with E-state index >= 15 is 0 Å². The van der Waals surface area contributed by atoms with E-state index < -0.39 is 0 Å². The molecule has 0 amide bonds. The molecule has 0 unspecified atom stereocenters. The third kappa shape index (κ3) is 2.53. The summed E-state index contributed by atoms with van der Waals surface area (Å²) in [6, 6.07) is 8.89. The number of phenolic OH excluding ortho intramolecular Hbond substituents is 1. The molecule has 1 aromatic heterocycles. The van der Waals surface area contributed by atoms with Crippen molar-refractivity contribution in [2.24, 2.45) is 0 Å². The smallest absolute Gasteiger partial charge is 0.230 e. The number of phenols is 1. The van der Waals surface area contributed by atoms with Crippen LogP contribution in [0.4, 0.5) is 11.6 Å². The summed E-state index contributed by atoms with van der Waals surface area (Å²) < 4.78 is 0. The quantitative estimate of drug-likeness (QED) is 0.859. The predicted octanol–water partition coefficient (Wildman–Crippen LogP) is 2.57. The molecular weight excluding hydrogens is 214 g/mol. The molecule has 4 nitrogen and oxygen atoms in total. The molecule has 1 aromatic carbocycles. The second kappa shape index (κ2) is 4.41. The molecule has 2 aromatic rings. The van der Waals surface area contributed by atoms with Crippen molar-refractivity contribution in [1.29, 1.82) is 0 Å². The van der Waals surface area contributed by atoms with Crippen molar-refractivity contribution >= 4 is 11.6 Å². The molecule has 0 aliphatic rings. The Morgan fingerprint density at radius 2 is 1.53 bits per heavy atom. The van der Waals surface area contributed by atoms with Crippen LogP contribution in [-0.2, 0) is 0 Å². The van der Waals surface area contributed by atoms with Gasteiger partial charge in [-0.25, -0.2) is 9.97 Å². The zero-order chi connectivity index (χ0) is 12.4. The van der Waals surface area contributed by atoms with E-state index in [1.807, 2.05) is 44.0 Å². The number of hydrogen-bond donors (Lipinski definition) is 1. The molecular formula is C13H15N3O. The molecule has 4 heteroatoms. The van der Waals surface area contributed by atoms with E-state index in [0.717, 1.165) is 17.1 Å². The van der Waals surface area contributed by atoms with Crippen molar-refractivity contribution < 1.29 is 5.11 Å². The number of anilines is 2. The van der Waals surface area contributed by atoms with E-state index in [-0.39, 0.29) is 5.75 Å². The Morgan fingerprint density at radius 3 is 2.06 bits per heavy atom. The lowest BCUT2D eigenvalue weighted by Gasteiger charge is -2.17. The highest BCUT2D eigenvalue weighted by Crippen LogP contribution is 2.22. The van der Waals surface area contributed by atoms with Gasteiger partial charge in [-0.15, -0.1) is 0 Å². The van der Waals surface area contributed by atoms with E-state index in [1.54, 1.807) is 12.1 Å². The average molecular weight is 229 g/mol. The zero-order valence-electron chi connectivity index (χ0n) is 10.2. The molecule has 0 atom stereocenters. The summed E-state index contributed by atoms with van der Waals surface area (Å²) in [6.45, 7) is 3.89. The van der Waals surface area contributed by atoms with Crippen LogP contribution in [0.3, 0.4) is 0 Å². The lowest BCUT2D eigenvalue weighted by Crippen LogP contribution is -2.13. The minimum Gasteiger partial charge on any atom is -0.508 e. The number of aryl methyl sites for hydroxylation is 2. The normalized spacial score (nSPS) is 10.3. The summed E-state index contributed by atoms with van der Waals surface area (Å²) in [5, 5.41) is 9.25. The van der Waals surface area contributed by atoms with Gasteiger partial charge in [-0.3, -0.25) is 0 Å². The molecule has 0 fully saturated rings. The fourth-order valence-corrected chi connectivity index (χ4v) is 1.65. The fraction of sp³-hybridized carbons (Fsp3) is 0.231. The van der Waals surface area contributed by atoms with Gasteiger partial charge in [0.1, 0.15) is 5.75 Å². The maximum Gasteiger partial charge on any atom is 0.230 e. The first kappa shape index (κ1) is 11.4. The van der Waals surface area contributed by atoms with Gasteiger partial charge < -0.3 is 10.0 Å². The standard InChI is InChI=1S/C13H15N3O/c1-9-8-10(2)15-13(14-9)16(3)11-4-6-12(17)7-5-11/h4-8,17H,1-3H3. The molecule has 0 aliphatic heterocycles. The number of aromatic nitrogens is 2. The SMILES string of the molecule is Cc1cc(C)nc(N(C)c2ccc(O)cc2)n1. The monoisotopic (exact) mass is 229 g/mol. The lowest BCUT2D eigenvalue weighted by atomic mass is 10.3. The van der Waals surface area contributed by atoms with Crippen molar-refractivity contribution in [2.45, 2.75) is 13.8 Å². The van der Waals surface area contributed by atoms with Crippen molar-refractivity contribution in [3.8, 4) is 5.75 Å². The first-order valence-corrected chi connectivity index (χ1v) is 5.41. The molecule has 0 saturated carbocycles. The number of rotatable bonds is 2. The van der Waals surface area contributed by atoms with E-state index in [1.165, 1.54) is 0 Å². The van der Waals surface area contributed by atoms with Gasteiger partial charge in [0, 0.05) is 24.1 Å². The summed E-state index contributed by atoms with van der Waals surface area (Å²) in [5.41, 5.74) is 2.82. The van der Waals surface area contributed by atoms with Crippen LogP contribution in [0.25, 0.3) is 0 Å². The second-order valence-electron chi connectivity index (χ2n) is 4.03. The lowest BCUT2D eigenvalue weighted by molar-refractivity contribution is 0.475. The Labute approximate surface area is 101 Å². The third-order valence-electron chi connectivity index (χ3n) is 2.51. The van der Waals surface area contributed by atoms with Crippen LogP contribution in [0, 0.1) is 13.8 Å². The van der Waals surface area contributed by atoms with Gasteiger partial charge in [-0.2, -0.15) is 0 Å². The van der Waals surface area contributed by atoms with Crippen LogP contribution in [0.15, 0.2) is 30.3 Å². The van der Waals surface area contributed by atoms with E-state index in [4.69, 9.17) is 0 Å². The van der Waals surface area contributed by atoms with Gasteiger partial charge in [0.05, 0.1) is 0 Å². The van der Waals surface area contributed by atoms with Crippen LogP contribution in [0.5, 0.6) is 5.75 Å². The van der Waals surface area contributed by atoms with Crippen LogP contribution >= 0.6 is 0 Å². The van der Waals surface area contributed by atoms with Gasteiger partial charge >= 0.3 is 0 Å². The molecule has 0 aliphatic carbocycles. The number of benzene rings is 1. The minimum absolute atomic E-state index is 0.253. The summed E-state index contributed by atoms with van der Waals surface area (Å²) in [6.07, 6.45) is 0. The van der Waals surface area contributed by atoms with E-state index in [0.29, 0.717) is 5.95 Å². The Bertz CT molecular complexity index is 502.